The van der Waals surface area contributed by atoms with E-state index < -0.39 is 0 Å². The van der Waals surface area contributed by atoms with E-state index in [9.17, 15) is 5.26 Å². The van der Waals surface area contributed by atoms with Crippen molar-refractivity contribution < 1.29 is 0 Å². The lowest BCUT2D eigenvalue weighted by atomic mass is 9.52. The third kappa shape index (κ3) is 4.91. The van der Waals surface area contributed by atoms with Crippen molar-refractivity contribution in [3.05, 3.63) is 119 Å². The maximum Gasteiger partial charge on any atom is 0.101 e. The van der Waals surface area contributed by atoms with Gasteiger partial charge < -0.3 is 0 Å². The molecule has 2 aromatic heterocycles. The molecule has 9 rings (SSSR count). The quantitative estimate of drug-likeness (QED) is 0.191. The van der Waals surface area contributed by atoms with Crippen molar-refractivity contribution in [2.75, 3.05) is 0 Å². The van der Waals surface area contributed by atoms with Crippen LogP contribution < -0.4 is 0 Å². The van der Waals surface area contributed by atoms with Gasteiger partial charge in [-0.05, 0) is 143 Å². The highest BCUT2D eigenvalue weighted by atomic mass is 14.7. The lowest BCUT2D eigenvalue weighted by molar-refractivity contribution is 0.188. The van der Waals surface area contributed by atoms with Gasteiger partial charge in [-0.3, -0.25) is 9.97 Å². The van der Waals surface area contributed by atoms with E-state index in [1.54, 1.807) is 17.3 Å². The summed E-state index contributed by atoms with van der Waals surface area (Å²) in [6.07, 6.45) is 14.8. The second-order valence-corrected chi connectivity index (χ2v) is 15.6. The fourth-order valence-electron chi connectivity index (χ4n) is 9.59. The van der Waals surface area contributed by atoms with E-state index in [0.717, 1.165) is 36.2 Å². The van der Waals surface area contributed by atoms with Crippen LogP contribution in [0.4, 0.5) is 0 Å². The summed E-state index contributed by atoms with van der Waals surface area (Å²) in [7, 11) is 0. The average Bonchev–Trinajstić information content (AvgIpc) is 3.11. The number of hydrogen-bond acceptors (Lipinski definition) is 3. The number of benzene rings is 3. The first-order chi connectivity index (χ1) is 22.7. The molecule has 2 bridgehead atoms. The second-order valence-electron chi connectivity index (χ2n) is 15.6. The summed E-state index contributed by atoms with van der Waals surface area (Å²) >= 11 is 0. The molecular formula is C44H45N3. The zero-order valence-corrected chi connectivity index (χ0v) is 28.4. The molecule has 1 fully saturated rings. The lowest BCUT2D eigenvalue weighted by Gasteiger charge is -2.52. The molecule has 4 aliphatic rings. The molecule has 4 aliphatic carbocycles. The molecule has 0 N–H and O–H groups in total. The van der Waals surface area contributed by atoms with Gasteiger partial charge in [-0.25, -0.2) is 0 Å². The first-order valence-corrected chi connectivity index (χ1v) is 17.8. The minimum Gasteiger partial charge on any atom is -0.256 e. The molecule has 3 nitrogen and oxygen atoms in total. The molecule has 236 valence electrons. The molecular weight excluding hydrogens is 571 g/mol. The van der Waals surface area contributed by atoms with Gasteiger partial charge in [0, 0.05) is 28.9 Å². The van der Waals surface area contributed by atoms with Crippen molar-refractivity contribution >= 4 is 10.8 Å². The van der Waals surface area contributed by atoms with Crippen LogP contribution in [0, 0.1) is 11.3 Å². The average molecular weight is 616 g/mol. The van der Waals surface area contributed by atoms with Gasteiger partial charge in [-0.1, -0.05) is 70.5 Å². The summed E-state index contributed by atoms with van der Waals surface area (Å²) < 4.78 is 0. The highest BCUT2D eigenvalue weighted by Crippen LogP contribution is 2.57. The molecule has 2 unspecified atom stereocenters. The number of aromatic nitrogens is 2. The summed E-state index contributed by atoms with van der Waals surface area (Å²) in [5, 5.41) is 11.7. The molecule has 2 atom stereocenters. The molecule has 0 radical (unpaired) electrons. The number of fused-ring (bicyclic) bond motifs is 4. The number of nitrogens with zero attached hydrogens (tertiary/aromatic N) is 3. The molecule has 0 saturated heterocycles. The van der Waals surface area contributed by atoms with Crippen molar-refractivity contribution in [2.24, 2.45) is 0 Å². The SMILES string of the molecule is CCCC(c1ccc2cc(-c3ccc4c(c3)C3(C)CCC4(C)CC3)ncc2c1)C1(C)CCCc2cc(-c3ccc(C#N)cn3)ccc21. The number of nitriles is 1. The van der Waals surface area contributed by atoms with Crippen molar-refractivity contribution in [1.82, 2.24) is 9.97 Å². The summed E-state index contributed by atoms with van der Waals surface area (Å²) in [5.41, 5.74) is 13.2. The van der Waals surface area contributed by atoms with Crippen LogP contribution in [0.15, 0.2) is 85.2 Å². The molecule has 3 aromatic carbocycles. The second kappa shape index (κ2) is 11.2. The third-order valence-electron chi connectivity index (χ3n) is 12.6. The molecule has 1 saturated carbocycles. The maximum absolute atomic E-state index is 9.20. The standard InChI is InChI=1S/C44H45N3/c1-5-7-36(44(4)17-6-8-31-22-33(12-14-37(31)44)40-16-9-29(26-45)27-46-40)32-11-10-30-25-41(47-28-35(30)23-32)34-13-15-38-39(24-34)43(3)20-18-42(38,2)19-21-43/h9-16,22-25,27-28,36H,5-8,17-21H2,1-4H3. The monoisotopic (exact) mass is 615 g/mol. The Balaban J connectivity index is 1.12. The lowest BCUT2D eigenvalue weighted by Crippen LogP contribution is -2.44. The van der Waals surface area contributed by atoms with Gasteiger partial charge in [-0.15, -0.1) is 0 Å². The fourth-order valence-corrected chi connectivity index (χ4v) is 9.59. The summed E-state index contributed by atoms with van der Waals surface area (Å²) in [5.74, 6) is 0.424. The van der Waals surface area contributed by atoms with Gasteiger partial charge in [-0.2, -0.15) is 5.26 Å². The molecule has 0 amide bonds. The van der Waals surface area contributed by atoms with E-state index in [4.69, 9.17) is 4.98 Å². The largest absolute Gasteiger partial charge is 0.256 e. The number of pyridine rings is 2. The Morgan fingerprint density at radius 2 is 1.43 bits per heavy atom. The summed E-state index contributed by atoms with van der Waals surface area (Å²) in [6.45, 7) is 9.77. The number of aryl methyl sites for hydroxylation is 1. The third-order valence-corrected chi connectivity index (χ3v) is 12.6. The van der Waals surface area contributed by atoms with Crippen LogP contribution in [-0.4, -0.2) is 9.97 Å². The van der Waals surface area contributed by atoms with E-state index in [1.165, 1.54) is 71.6 Å². The molecule has 47 heavy (non-hydrogen) atoms. The van der Waals surface area contributed by atoms with Crippen LogP contribution >= 0.6 is 0 Å². The molecule has 3 heteroatoms. The number of rotatable bonds is 6. The van der Waals surface area contributed by atoms with Crippen LogP contribution in [0.5, 0.6) is 0 Å². The van der Waals surface area contributed by atoms with Crippen molar-refractivity contribution in [2.45, 2.75) is 108 Å². The Kier molecular flexibility index (Phi) is 7.14. The van der Waals surface area contributed by atoms with Gasteiger partial charge in [0.1, 0.15) is 6.07 Å². The smallest absolute Gasteiger partial charge is 0.101 e. The zero-order valence-electron chi connectivity index (χ0n) is 28.4. The van der Waals surface area contributed by atoms with Crippen LogP contribution in [0.3, 0.4) is 0 Å². The number of hydrogen-bond donors (Lipinski definition) is 0. The molecule has 0 aliphatic heterocycles. The minimum atomic E-state index is 0.0521. The van der Waals surface area contributed by atoms with E-state index in [1.807, 2.05) is 12.1 Å². The van der Waals surface area contributed by atoms with Crippen LogP contribution in [0.25, 0.3) is 33.3 Å². The van der Waals surface area contributed by atoms with E-state index in [0.29, 0.717) is 22.3 Å². The highest BCUT2D eigenvalue weighted by molar-refractivity contribution is 5.86. The van der Waals surface area contributed by atoms with Gasteiger partial charge in [0.05, 0.1) is 17.0 Å². The van der Waals surface area contributed by atoms with Crippen molar-refractivity contribution in [3.8, 4) is 28.6 Å². The predicted molar refractivity (Wildman–Crippen MR) is 193 cm³/mol. The Hall–Kier alpha value is -4.29. The summed E-state index contributed by atoms with van der Waals surface area (Å²) in [6, 6.07) is 29.6. The fraction of sp³-hybridized carbons (Fsp3) is 0.386. The van der Waals surface area contributed by atoms with Crippen molar-refractivity contribution in [3.63, 3.8) is 0 Å². The Morgan fingerprint density at radius 1 is 0.702 bits per heavy atom. The Morgan fingerprint density at radius 3 is 2.15 bits per heavy atom. The van der Waals surface area contributed by atoms with E-state index >= 15 is 0 Å². The van der Waals surface area contributed by atoms with Crippen LogP contribution in [0.1, 0.15) is 118 Å². The maximum atomic E-state index is 9.20. The van der Waals surface area contributed by atoms with E-state index in [-0.39, 0.29) is 5.41 Å². The zero-order chi connectivity index (χ0) is 32.4. The molecule has 0 spiro atoms. The predicted octanol–water partition coefficient (Wildman–Crippen LogP) is 11.1. The van der Waals surface area contributed by atoms with Crippen LogP contribution in [0.2, 0.25) is 0 Å². The Labute approximate surface area is 280 Å². The minimum absolute atomic E-state index is 0.0521. The Bertz CT molecular complexity index is 2040. The van der Waals surface area contributed by atoms with Crippen molar-refractivity contribution in [1.29, 1.82) is 5.26 Å². The van der Waals surface area contributed by atoms with Gasteiger partial charge >= 0.3 is 0 Å². The molecule has 2 heterocycles. The first-order valence-electron chi connectivity index (χ1n) is 17.8. The summed E-state index contributed by atoms with van der Waals surface area (Å²) in [4.78, 5) is 9.64. The first kappa shape index (κ1) is 30.1. The van der Waals surface area contributed by atoms with Gasteiger partial charge in [0.2, 0.25) is 0 Å². The van der Waals surface area contributed by atoms with E-state index in [2.05, 4.69) is 106 Å². The normalized spacial score (nSPS) is 25.2. The topological polar surface area (TPSA) is 49.6 Å². The highest BCUT2D eigenvalue weighted by Gasteiger charge is 2.47. The van der Waals surface area contributed by atoms with Crippen LogP contribution in [-0.2, 0) is 22.7 Å². The van der Waals surface area contributed by atoms with Gasteiger partial charge in [0.15, 0.2) is 0 Å². The van der Waals surface area contributed by atoms with Gasteiger partial charge in [0.25, 0.3) is 0 Å². The molecule has 5 aromatic rings.